The maximum absolute atomic E-state index is 4.56. The summed E-state index contributed by atoms with van der Waals surface area (Å²) in [6.45, 7) is 4.13. The minimum Gasteiger partial charge on any atom is -0.253 e. The monoisotopic (exact) mass is 239 g/mol. The van der Waals surface area contributed by atoms with Crippen LogP contribution >= 0.6 is 12.6 Å². The maximum atomic E-state index is 4.56. The molecule has 0 saturated carbocycles. The lowest BCUT2D eigenvalue weighted by Crippen LogP contribution is -1.86. The minimum absolute atomic E-state index is 1.04. The molecule has 0 aliphatic rings. The summed E-state index contributed by atoms with van der Waals surface area (Å²) in [5.41, 5.74) is 3.34. The largest absolute Gasteiger partial charge is 0.253 e. The van der Waals surface area contributed by atoms with Gasteiger partial charge in [-0.3, -0.25) is 4.98 Å². The third-order valence-electron chi connectivity index (χ3n) is 3.25. The summed E-state index contributed by atoms with van der Waals surface area (Å²) in [7, 11) is 0. The molecule has 0 unspecified atom stereocenters. The van der Waals surface area contributed by atoms with Crippen LogP contribution in [0.15, 0.2) is 41.3 Å². The summed E-state index contributed by atoms with van der Waals surface area (Å²) >= 11 is 4.47. The SMILES string of the molecule is Cc1ccc2c(ccc3c(C)c(S)ccc32)n1. The molecule has 3 aromatic rings. The minimum atomic E-state index is 1.04. The van der Waals surface area contributed by atoms with Gasteiger partial charge in [0.05, 0.1) is 5.52 Å². The van der Waals surface area contributed by atoms with Crippen LogP contribution in [0.3, 0.4) is 0 Å². The zero-order valence-corrected chi connectivity index (χ0v) is 10.8. The Balaban J connectivity index is 2.53. The summed E-state index contributed by atoms with van der Waals surface area (Å²) in [5.74, 6) is 0. The molecule has 84 valence electrons. The Bertz CT molecular complexity index is 732. The molecule has 0 aliphatic carbocycles. The van der Waals surface area contributed by atoms with Crippen molar-refractivity contribution in [1.29, 1.82) is 0 Å². The van der Waals surface area contributed by atoms with Crippen molar-refractivity contribution in [2.75, 3.05) is 0 Å². The van der Waals surface area contributed by atoms with E-state index in [0.717, 1.165) is 16.1 Å². The second-order valence-corrected chi connectivity index (χ2v) is 4.87. The first-order valence-electron chi connectivity index (χ1n) is 5.65. The fourth-order valence-corrected chi connectivity index (χ4v) is 2.46. The van der Waals surface area contributed by atoms with Gasteiger partial charge < -0.3 is 0 Å². The van der Waals surface area contributed by atoms with Crippen LogP contribution in [0.1, 0.15) is 11.3 Å². The Kier molecular flexibility index (Phi) is 2.33. The van der Waals surface area contributed by atoms with Gasteiger partial charge in [-0.15, -0.1) is 12.6 Å². The van der Waals surface area contributed by atoms with E-state index in [-0.39, 0.29) is 0 Å². The summed E-state index contributed by atoms with van der Waals surface area (Å²) in [6, 6.07) is 12.6. The number of nitrogens with zero attached hydrogens (tertiary/aromatic N) is 1. The number of thiol groups is 1. The molecular formula is C15H13NS. The van der Waals surface area contributed by atoms with E-state index >= 15 is 0 Å². The van der Waals surface area contributed by atoms with Crippen LogP contribution in [0.5, 0.6) is 0 Å². The van der Waals surface area contributed by atoms with Gasteiger partial charge in [0.15, 0.2) is 0 Å². The van der Waals surface area contributed by atoms with Crippen molar-refractivity contribution < 1.29 is 0 Å². The molecule has 2 heteroatoms. The van der Waals surface area contributed by atoms with E-state index in [1.54, 1.807) is 0 Å². The molecule has 1 heterocycles. The Labute approximate surface area is 106 Å². The predicted octanol–water partition coefficient (Wildman–Crippen LogP) is 4.29. The van der Waals surface area contributed by atoms with Crippen molar-refractivity contribution in [3.63, 3.8) is 0 Å². The standard InChI is InChI=1S/C15H13NS/c1-9-3-4-13-12-6-8-15(17)10(2)11(12)5-7-14(13)16-9/h3-8,17H,1-2H3. The van der Waals surface area contributed by atoms with Crippen LogP contribution < -0.4 is 0 Å². The lowest BCUT2D eigenvalue weighted by atomic mass is 10.0. The smallest absolute Gasteiger partial charge is 0.0711 e. The molecule has 17 heavy (non-hydrogen) atoms. The molecule has 3 rings (SSSR count). The van der Waals surface area contributed by atoms with Gasteiger partial charge in [0.25, 0.3) is 0 Å². The number of hydrogen-bond acceptors (Lipinski definition) is 2. The zero-order valence-electron chi connectivity index (χ0n) is 9.86. The van der Waals surface area contributed by atoms with Crippen LogP contribution in [-0.4, -0.2) is 4.98 Å². The van der Waals surface area contributed by atoms with Gasteiger partial charge in [-0.1, -0.05) is 18.2 Å². The number of fused-ring (bicyclic) bond motifs is 3. The van der Waals surface area contributed by atoms with Gasteiger partial charge in [0.2, 0.25) is 0 Å². The van der Waals surface area contributed by atoms with Gasteiger partial charge >= 0.3 is 0 Å². The van der Waals surface area contributed by atoms with E-state index in [0.29, 0.717) is 0 Å². The molecule has 0 radical (unpaired) electrons. The topological polar surface area (TPSA) is 12.9 Å². The molecule has 0 atom stereocenters. The number of rotatable bonds is 0. The van der Waals surface area contributed by atoms with Crippen molar-refractivity contribution in [2.45, 2.75) is 18.7 Å². The Hall–Kier alpha value is -1.54. The molecule has 1 aromatic heterocycles. The van der Waals surface area contributed by atoms with E-state index in [4.69, 9.17) is 0 Å². The zero-order chi connectivity index (χ0) is 12.0. The first-order valence-corrected chi connectivity index (χ1v) is 6.10. The summed E-state index contributed by atoms with van der Waals surface area (Å²) in [5, 5.41) is 3.73. The van der Waals surface area contributed by atoms with Gasteiger partial charge in [0, 0.05) is 16.0 Å². The van der Waals surface area contributed by atoms with E-state index in [1.807, 2.05) is 6.92 Å². The second-order valence-electron chi connectivity index (χ2n) is 4.39. The molecule has 0 aliphatic heterocycles. The molecule has 0 bridgehead atoms. The third-order valence-corrected chi connectivity index (χ3v) is 3.73. The van der Waals surface area contributed by atoms with Gasteiger partial charge in [-0.05, 0) is 48.4 Å². The van der Waals surface area contributed by atoms with Crippen molar-refractivity contribution in [3.05, 3.63) is 47.7 Å². The van der Waals surface area contributed by atoms with Crippen LogP contribution in [0.25, 0.3) is 21.7 Å². The predicted molar refractivity (Wildman–Crippen MR) is 76.0 cm³/mol. The molecule has 0 saturated heterocycles. The molecule has 2 aromatic carbocycles. The quantitative estimate of drug-likeness (QED) is 0.456. The number of hydrogen-bond donors (Lipinski definition) is 1. The Morgan fingerprint density at radius 1 is 0.824 bits per heavy atom. The van der Waals surface area contributed by atoms with E-state index in [2.05, 4.69) is 60.9 Å². The average Bonchev–Trinajstić information content (AvgIpc) is 2.33. The van der Waals surface area contributed by atoms with Crippen molar-refractivity contribution in [3.8, 4) is 0 Å². The van der Waals surface area contributed by atoms with Crippen molar-refractivity contribution in [2.24, 2.45) is 0 Å². The Morgan fingerprint density at radius 3 is 2.35 bits per heavy atom. The highest BCUT2D eigenvalue weighted by Crippen LogP contribution is 2.29. The van der Waals surface area contributed by atoms with Crippen molar-refractivity contribution >= 4 is 34.3 Å². The van der Waals surface area contributed by atoms with E-state index < -0.39 is 0 Å². The van der Waals surface area contributed by atoms with Gasteiger partial charge in [-0.2, -0.15) is 0 Å². The number of aromatic nitrogens is 1. The maximum Gasteiger partial charge on any atom is 0.0711 e. The fourth-order valence-electron chi connectivity index (χ4n) is 2.26. The summed E-state index contributed by atoms with van der Waals surface area (Å²) in [6.07, 6.45) is 0. The number of benzene rings is 2. The number of pyridine rings is 1. The summed E-state index contributed by atoms with van der Waals surface area (Å²) in [4.78, 5) is 5.60. The average molecular weight is 239 g/mol. The molecule has 0 amide bonds. The van der Waals surface area contributed by atoms with E-state index in [9.17, 15) is 0 Å². The molecular weight excluding hydrogens is 226 g/mol. The first kappa shape index (κ1) is 10.6. The van der Waals surface area contributed by atoms with Gasteiger partial charge in [-0.25, -0.2) is 0 Å². The highest BCUT2D eigenvalue weighted by molar-refractivity contribution is 7.80. The third kappa shape index (κ3) is 1.60. The highest BCUT2D eigenvalue weighted by atomic mass is 32.1. The fraction of sp³-hybridized carbons (Fsp3) is 0.133. The summed E-state index contributed by atoms with van der Waals surface area (Å²) < 4.78 is 0. The molecule has 0 spiro atoms. The highest BCUT2D eigenvalue weighted by Gasteiger charge is 2.05. The second kappa shape index (κ2) is 3.74. The van der Waals surface area contributed by atoms with Crippen LogP contribution in [0.2, 0.25) is 0 Å². The van der Waals surface area contributed by atoms with Crippen LogP contribution in [0.4, 0.5) is 0 Å². The first-order chi connectivity index (χ1) is 8.16. The normalized spacial score (nSPS) is 11.2. The number of aryl methyl sites for hydroxylation is 2. The molecule has 0 fully saturated rings. The van der Waals surface area contributed by atoms with Crippen LogP contribution in [0, 0.1) is 13.8 Å². The lowest BCUT2D eigenvalue weighted by molar-refractivity contribution is 1.26. The lowest BCUT2D eigenvalue weighted by Gasteiger charge is -2.08. The molecule has 0 N–H and O–H groups in total. The van der Waals surface area contributed by atoms with Crippen molar-refractivity contribution in [1.82, 2.24) is 4.98 Å². The van der Waals surface area contributed by atoms with Crippen LogP contribution in [-0.2, 0) is 0 Å². The van der Waals surface area contributed by atoms with E-state index in [1.165, 1.54) is 21.7 Å². The molecule has 1 nitrogen and oxygen atoms in total. The Morgan fingerprint density at radius 2 is 1.53 bits per heavy atom. The van der Waals surface area contributed by atoms with Gasteiger partial charge in [0.1, 0.15) is 0 Å².